The van der Waals surface area contributed by atoms with Crippen molar-refractivity contribution in [3.05, 3.63) is 23.8 Å². The maximum Gasteiger partial charge on any atom is 0.225 e. The van der Waals surface area contributed by atoms with Crippen molar-refractivity contribution in [2.75, 3.05) is 32.1 Å². The summed E-state index contributed by atoms with van der Waals surface area (Å²) in [6.07, 6.45) is 1.96. The molecule has 0 radical (unpaired) electrons. The van der Waals surface area contributed by atoms with Crippen LogP contribution in [-0.2, 0) is 11.2 Å². The lowest BCUT2D eigenvalue weighted by Crippen LogP contribution is -2.31. The lowest BCUT2D eigenvalue weighted by molar-refractivity contribution is -0.116. The first-order valence-corrected chi connectivity index (χ1v) is 8.15. The van der Waals surface area contributed by atoms with Crippen LogP contribution in [-0.4, -0.2) is 43.0 Å². The molecule has 5 heteroatoms. The van der Waals surface area contributed by atoms with Gasteiger partial charge in [0.2, 0.25) is 5.91 Å². The number of benzene rings is 1. The van der Waals surface area contributed by atoms with Crippen LogP contribution in [0.25, 0.3) is 10.2 Å². The molecule has 21 heavy (non-hydrogen) atoms. The van der Waals surface area contributed by atoms with Crippen molar-refractivity contribution in [2.24, 2.45) is 0 Å². The van der Waals surface area contributed by atoms with Gasteiger partial charge in [-0.15, -0.1) is 0 Å². The molecule has 0 aliphatic carbocycles. The summed E-state index contributed by atoms with van der Waals surface area (Å²) in [5, 5.41) is 0.810. The van der Waals surface area contributed by atoms with E-state index in [0.717, 1.165) is 34.7 Å². The summed E-state index contributed by atoms with van der Waals surface area (Å²) >= 11 is 1.60. The molecule has 0 bridgehead atoms. The average Bonchev–Trinajstić information content (AvgIpc) is 2.84. The number of nitrogens with zero attached hydrogens (tertiary/aromatic N) is 3. The van der Waals surface area contributed by atoms with Crippen LogP contribution in [0.15, 0.2) is 18.2 Å². The Balaban J connectivity index is 2.21. The normalized spacial score (nSPS) is 11.3. The molecule has 4 nitrogen and oxygen atoms in total. The third-order valence-electron chi connectivity index (χ3n) is 3.45. The van der Waals surface area contributed by atoms with E-state index in [1.54, 1.807) is 23.2 Å². The minimum atomic E-state index is 0.0588. The Morgan fingerprint density at radius 3 is 2.67 bits per heavy atom. The number of hydrogen-bond acceptors (Lipinski definition) is 4. The van der Waals surface area contributed by atoms with Gasteiger partial charge in [-0.1, -0.05) is 24.3 Å². The van der Waals surface area contributed by atoms with Gasteiger partial charge in [-0.3, -0.25) is 9.69 Å². The molecule has 2 aromatic rings. The van der Waals surface area contributed by atoms with Crippen LogP contribution in [0.1, 0.15) is 25.8 Å². The fraction of sp³-hybridized carbons (Fsp3) is 0.500. The van der Waals surface area contributed by atoms with Gasteiger partial charge in [-0.25, -0.2) is 4.98 Å². The van der Waals surface area contributed by atoms with E-state index in [1.165, 1.54) is 5.56 Å². The SMILES string of the molecule is CCc1ccc2nc(N(CCCN(C)C)C(C)=O)sc2c1. The summed E-state index contributed by atoms with van der Waals surface area (Å²) in [5.41, 5.74) is 2.28. The summed E-state index contributed by atoms with van der Waals surface area (Å²) < 4.78 is 1.16. The predicted octanol–water partition coefficient (Wildman–Crippen LogP) is 3.16. The van der Waals surface area contributed by atoms with E-state index in [0.29, 0.717) is 6.54 Å². The molecule has 1 heterocycles. The molecule has 0 N–H and O–H groups in total. The Hall–Kier alpha value is -1.46. The van der Waals surface area contributed by atoms with Gasteiger partial charge in [0, 0.05) is 13.5 Å². The van der Waals surface area contributed by atoms with Crippen LogP contribution >= 0.6 is 11.3 Å². The van der Waals surface area contributed by atoms with Crippen LogP contribution < -0.4 is 4.90 Å². The minimum absolute atomic E-state index is 0.0588. The van der Waals surface area contributed by atoms with Gasteiger partial charge in [0.1, 0.15) is 0 Å². The van der Waals surface area contributed by atoms with E-state index in [9.17, 15) is 4.79 Å². The number of rotatable bonds is 6. The Labute approximate surface area is 130 Å². The minimum Gasteiger partial charge on any atom is -0.309 e. The predicted molar refractivity (Wildman–Crippen MR) is 90.2 cm³/mol. The molecule has 0 aliphatic heterocycles. The molecular weight excluding hydrogens is 282 g/mol. The number of aryl methyl sites for hydroxylation is 1. The van der Waals surface area contributed by atoms with Gasteiger partial charge in [-0.05, 0) is 51.2 Å². The fourth-order valence-corrected chi connectivity index (χ4v) is 3.32. The smallest absolute Gasteiger partial charge is 0.225 e. The van der Waals surface area contributed by atoms with Crippen LogP contribution in [0, 0.1) is 0 Å². The molecule has 0 atom stereocenters. The highest BCUT2D eigenvalue weighted by molar-refractivity contribution is 7.22. The van der Waals surface area contributed by atoms with Crippen molar-refractivity contribution in [2.45, 2.75) is 26.7 Å². The maximum absolute atomic E-state index is 11.9. The van der Waals surface area contributed by atoms with Crippen LogP contribution in [0.2, 0.25) is 0 Å². The van der Waals surface area contributed by atoms with E-state index >= 15 is 0 Å². The molecule has 0 saturated heterocycles. The molecule has 1 aromatic heterocycles. The first-order chi connectivity index (χ1) is 10.0. The summed E-state index contributed by atoms with van der Waals surface area (Å²) in [6.45, 7) is 5.44. The van der Waals surface area contributed by atoms with Gasteiger partial charge in [0.15, 0.2) is 5.13 Å². The first-order valence-electron chi connectivity index (χ1n) is 7.33. The van der Waals surface area contributed by atoms with Gasteiger partial charge in [-0.2, -0.15) is 0 Å². The van der Waals surface area contributed by atoms with E-state index in [4.69, 9.17) is 0 Å². The topological polar surface area (TPSA) is 36.4 Å². The second-order valence-electron chi connectivity index (χ2n) is 5.48. The zero-order chi connectivity index (χ0) is 15.4. The molecule has 114 valence electrons. The van der Waals surface area contributed by atoms with Gasteiger partial charge < -0.3 is 4.90 Å². The highest BCUT2D eigenvalue weighted by Gasteiger charge is 2.16. The number of hydrogen-bond donors (Lipinski definition) is 0. The Morgan fingerprint density at radius 2 is 2.05 bits per heavy atom. The molecule has 0 spiro atoms. The van der Waals surface area contributed by atoms with Gasteiger partial charge >= 0.3 is 0 Å². The third-order valence-corrected chi connectivity index (χ3v) is 4.49. The number of anilines is 1. The highest BCUT2D eigenvalue weighted by atomic mass is 32.1. The second kappa shape index (κ2) is 7.00. The van der Waals surface area contributed by atoms with Crippen LogP contribution in [0.5, 0.6) is 0 Å². The van der Waals surface area contributed by atoms with E-state index in [-0.39, 0.29) is 5.91 Å². The molecule has 0 unspecified atom stereocenters. The number of aromatic nitrogens is 1. The van der Waals surface area contributed by atoms with Crippen molar-refractivity contribution < 1.29 is 4.79 Å². The van der Waals surface area contributed by atoms with Crippen LogP contribution in [0.3, 0.4) is 0 Å². The number of carbonyl (C=O) groups is 1. The third kappa shape index (κ3) is 4.02. The monoisotopic (exact) mass is 305 g/mol. The van der Waals surface area contributed by atoms with Gasteiger partial charge in [0.05, 0.1) is 10.2 Å². The summed E-state index contributed by atoms with van der Waals surface area (Å²) in [5.74, 6) is 0.0588. The molecule has 2 rings (SSSR count). The Bertz CT molecular complexity index is 621. The van der Waals surface area contributed by atoms with E-state index in [2.05, 4.69) is 28.9 Å². The first kappa shape index (κ1) is 15.9. The van der Waals surface area contributed by atoms with Crippen LogP contribution in [0.4, 0.5) is 5.13 Å². The number of carbonyl (C=O) groups excluding carboxylic acids is 1. The Morgan fingerprint density at radius 1 is 1.29 bits per heavy atom. The van der Waals surface area contributed by atoms with E-state index in [1.807, 2.05) is 20.2 Å². The molecule has 0 fully saturated rings. The Kier molecular flexibility index (Phi) is 5.31. The van der Waals surface area contributed by atoms with Crippen molar-refractivity contribution in [1.29, 1.82) is 0 Å². The summed E-state index contributed by atoms with van der Waals surface area (Å²) in [7, 11) is 4.09. The zero-order valence-corrected chi connectivity index (χ0v) is 14.0. The molecule has 1 amide bonds. The van der Waals surface area contributed by atoms with E-state index < -0.39 is 0 Å². The highest BCUT2D eigenvalue weighted by Crippen LogP contribution is 2.30. The number of fused-ring (bicyclic) bond motifs is 1. The number of amides is 1. The zero-order valence-electron chi connectivity index (χ0n) is 13.2. The molecule has 0 aliphatic rings. The average molecular weight is 305 g/mol. The van der Waals surface area contributed by atoms with Crippen molar-refractivity contribution in [1.82, 2.24) is 9.88 Å². The summed E-state index contributed by atoms with van der Waals surface area (Å²) in [6, 6.07) is 6.33. The summed E-state index contributed by atoms with van der Waals surface area (Å²) in [4.78, 5) is 20.4. The maximum atomic E-state index is 11.9. The fourth-order valence-electron chi connectivity index (χ4n) is 2.23. The second-order valence-corrected chi connectivity index (χ2v) is 6.49. The van der Waals surface area contributed by atoms with Crippen molar-refractivity contribution in [3.63, 3.8) is 0 Å². The quantitative estimate of drug-likeness (QED) is 0.822. The molecule has 1 aromatic carbocycles. The van der Waals surface area contributed by atoms with Gasteiger partial charge in [0.25, 0.3) is 0 Å². The standard InChI is InChI=1S/C16H23N3OS/c1-5-13-7-8-14-15(11-13)21-16(17-14)19(12(2)20)10-6-9-18(3)4/h7-8,11H,5-6,9-10H2,1-4H3. The van der Waals surface area contributed by atoms with Crippen molar-refractivity contribution in [3.8, 4) is 0 Å². The largest absolute Gasteiger partial charge is 0.309 e. The number of thiazole rings is 1. The lowest BCUT2D eigenvalue weighted by Gasteiger charge is -2.19. The molecular formula is C16H23N3OS. The van der Waals surface area contributed by atoms with Crippen molar-refractivity contribution >= 4 is 32.6 Å². The lowest BCUT2D eigenvalue weighted by atomic mass is 10.2. The molecule has 0 saturated carbocycles.